The van der Waals surface area contributed by atoms with Gasteiger partial charge in [0.15, 0.2) is 0 Å². The number of alkyl halides is 2. The fourth-order valence-electron chi connectivity index (χ4n) is 4.08. The average Bonchev–Trinajstić information content (AvgIpc) is 3.33. The van der Waals surface area contributed by atoms with Gasteiger partial charge in [-0.3, -0.25) is 9.78 Å². The Bertz CT molecular complexity index is 1550. The number of carbonyl (C=O) groups is 1. The molecule has 0 aliphatic carbocycles. The van der Waals surface area contributed by atoms with Gasteiger partial charge in [-0.05, 0) is 42.8 Å². The summed E-state index contributed by atoms with van der Waals surface area (Å²) in [6.45, 7) is 8.98. The third-order valence-electron chi connectivity index (χ3n) is 6.37. The van der Waals surface area contributed by atoms with Gasteiger partial charge in [0.2, 0.25) is 0 Å². The second kappa shape index (κ2) is 14.6. The molecule has 0 aliphatic rings. The van der Waals surface area contributed by atoms with Crippen LogP contribution in [0.2, 0.25) is 25.7 Å². The maximum atomic E-state index is 13.5. The van der Waals surface area contributed by atoms with Crippen molar-refractivity contribution in [3.63, 3.8) is 0 Å². The summed E-state index contributed by atoms with van der Waals surface area (Å²) in [6, 6.07) is 11.4. The highest BCUT2D eigenvalue weighted by Crippen LogP contribution is 2.38. The van der Waals surface area contributed by atoms with Gasteiger partial charge in [-0.1, -0.05) is 37.8 Å². The lowest BCUT2D eigenvalue weighted by molar-refractivity contribution is 0.0802. The minimum Gasteiger partial charge on any atom is -0.484 e. The van der Waals surface area contributed by atoms with Crippen LogP contribution in [0.3, 0.4) is 0 Å². The largest absolute Gasteiger partial charge is 0.484 e. The first-order valence-electron chi connectivity index (χ1n) is 13.7. The molecule has 234 valence electrons. The molecule has 2 heterocycles. The van der Waals surface area contributed by atoms with E-state index in [-0.39, 0.29) is 47.2 Å². The molecule has 0 unspecified atom stereocenters. The van der Waals surface area contributed by atoms with E-state index in [0.717, 1.165) is 6.04 Å². The summed E-state index contributed by atoms with van der Waals surface area (Å²) in [5, 5.41) is 7.75. The molecular weight excluding hydrogens is 612 g/mol. The van der Waals surface area contributed by atoms with E-state index >= 15 is 0 Å². The molecule has 44 heavy (non-hydrogen) atoms. The normalized spacial score (nSPS) is 12.3. The maximum absolute atomic E-state index is 13.5. The van der Waals surface area contributed by atoms with E-state index < -0.39 is 31.7 Å². The number of hydrogen-bond acceptors (Lipinski definition) is 9. The Morgan fingerprint density at radius 1 is 1.14 bits per heavy atom. The SMILES string of the molecule is C[C@H](Oc1cc(-c2nn(COCC[Si](C)(C)C)c(Nc3cnccn3)c2C(N)=O)ccc1NSC(F)F)c1ccc(F)cc1. The summed E-state index contributed by atoms with van der Waals surface area (Å²) < 4.78 is 55.8. The van der Waals surface area contributed by atoms with E-state index in [1.807, 2.05) is 0 Å². The molecule has 0 fully saturated rings. The number of amides is 1. The number of halogens is 3. The van der Waals surface area contributed by atoms with Crippen LogP contribution in [0, 0.1) is 5.82 Å². The highest BCUT2D eigenvalue weighted by atomic mass is 32.2. The van der Waals surface area contributed by atoms with E-state index in [1.54, 1.807) is 37.3 Å². The molecule has 0 bridgehead atoms. The van der Waals surface area contributed by atoms with E-state index in [4.69, 9.17) is 15.2 Å². The van der Waals surface area contributed by atoms with Crippen LogP contribution in [-0.2, 0) is 11.5 Å². The molecule has 0 radical (unpaired) electrons. The number of nitrogens with two attached hydrogens (primary N) is 1. The van der Waals surface area contributed by atoms with E-state index in [2.05, 4.69) is 44.7 Å². The first-order valence-corrected chi connectivity index (χ1v) is 18.3. The number of rotatable bonds is 15. The summed E-state index contributed by atoms with van der Waals surface area (Å²) >= 11 is 0.210. The van der Waals surface area contributed by atoms with Crippen LogP contribution in [0.1, 0.15) is 28.9 Å². The van der Waals surface area contributed by atoms with Gasteiger partial charge >= 0.3 is 5.76 Å². The predicted octanol–water partition coefficient (Wildman–Crippen LogP) is 7.06. The van der Waals surface area contributed by atoms with Crippen LogP contribution in [0.4, 0.5) is 30.5 Å². The van der Waals surface area contributed by atoms with Crippen LogP contribution < -0.4 is 20.5 Å². The highest BCUT2D eigenvalue weighted by Gasteiger charge is 2.26. The molecular formula is C29H34F3N7O3SSi. The number of ether oxygens (including phenoxy) is 2. The molecule has 4 N–H and O–H groups in total. The zero-order valence-electron chi connectivity index (χ0n) is 24.7. The zero-order valence-corrected chi connectivity index (χ0v) is 26.5. The predicted molar refractivity (Wildman–Crippen MR) is 168 cm³/mol. The van der Waals surface area contributed by atoms with Crippen molar-refractivity contribution in [2.75, 3.05) is 16.6 Å². The number of nitrogens with zero attached hydrogens (tertiary/aromatic N) is 4. The maximum Gasteiger partial charge on any atom is 0.302 e. The van der Waals surface area contributed by atoms with E-state index in [1.165, 1.54) is 35.4 Å². The number of aromatic nitrogens is 4. The smallest absolute Gasteiger partial charge is 0.302 e. The zero-order chi connectivity index (χ0) is 31.9. The van der Waals surface area contributed by atoms with Crippen molar-refractivity contribution in [2.24, 2.45) is 5.73 Å². The Hall–Kier alpha value is -4.08. The molecule has 0 aliphatic heterocycles. The van der Waals surface area contributed by atoms with Crippen molar-refractivity contribution >= 4 is 43.3 Å². The minimum atomic E-state index is -2.69. The molecule has 2 aromatic heterocycles. The van der Waals surface area contributed by atoms with Crippen molar-refractivity contribution in [3.8, 4) is 17.0 Å². The Morgan fingerprint density at radius 3 is 2.52 bits per heavy atom. The van der Waals surface area contributed by atoms with E-state index in [9.17, 15) is 18.0 Å². The Kier molecular flexibility index (Phi) is 10.9. The molecule has 4 rings (SSSR count). The number of primary amides is 1. The van der Waals surface area contributed by atoms with Crippen LogP contribution in [0.15, 0.2) is 61.1 Å². The standard InChI is InChI=1S/C29H34F3N7O3SSi/c1-18(19-5-8-21(30)9-6-19)42-23-15-20(7-10-22(23)38-43-29(31)32)26-25(27(33)40)28(36-24-16-34-11-12-35-24)39(37-26)17-41-13-14-44(2,3)4/h5-12,15-16,18,29,38H,13-14,17H2,1-4H3,(H2,33,40)(H,35,36)/t18-/m0/s1. The second-order valence-corrected chi connectivity index (χ2v) is 17.4. The van der Waals surface area contributed by atoms with Gasteiger partial charge in [-0.2, -0.15) is 13.9 Å². The van der Waals surface area contributed by atoms with Gasteiger partial charge < -0.3 is 25.2 Å². The molecule has 1 atom stereocenters. The van der Waals surface area contributed by atoms with Crippen molar-refractivity contribution < 1.29 is 27.4 Å². The van der Waals surface area contributed by atoms with Crippen molar-refractivity contribution in [3.05, 3.63) is 78.0 Å². The van der Waals surface area contributed by atoms with Gasteiger partial charge in [0.25, 0.3) is 5.91 Å². The lowest BCUT2D eigenvalue weighted by Gasteiger charge is -2.19. The summed E-state index contributed by atoms with van der Waals surface area (Å²) in [5.74, 6) is -3.05. The van der Waals surface area contributed by atoms with Crippen molar-refractivity contribution in [1.29, 1.82) is 0 Å². The molecule has 10 nitrogen and oxygen atoms in total. The van der Waals surface area contributed by atoms with Crippen LogP contribution in [0.25, 0.3) is 11.3 Å². The number of hydrogen-bond donors (Lipinski definition) is 3. The van der Waals surface area contributed by atoms with Crippen LogP contribution in [-0.4, -0.2) is 46.1 Å². The van der Waals surface area contributed by atoms with Gasteiger partial charge in [0.05, 0.1) is 11.9 Å². The summed E-state index contributed by atoms with van der Waals surface area (Å²) in [4.78, 5) is 21.2. The quantitative estimate of drug-likeness (QED) is 0.0707. The molecule has 0 spiro atoms. The molecule has 4 aromatic rings. The monoisotopic (exact) mass is 645 g/mol. The van der Waals surface area contributed by atoms with Crippen molar-refractivity contribution in [1.82, 2.24) is 19.7 Å². The van der Waals surface area contributed by atoms with Gasteiger partial charge in [0.1, 0.15) is 47.3 Å². The lowest BCUT2D eigenvalue weighted by Crippen LogP contribution is -2.22. The summed E-state index contributed by atoms with van der Waals surface area (Å²) in [7, 11) is -1.36. The van der Waals surface area contributed by atoms with Crippen LogP contribution >= 0.6 is 11.9 Å². The Labute approximate surface area is 258 Å². The first-order chi connectivity index (χ1) is 20.9. The summed E-state index contributed by atoms with van der Waals surface area (Å²) in [5.41, 5.74) is 7.51. The van der Waals surface area contributed by atoms with Gasteiger partial charge in [0, 0.05) is 44.6 Å². The fraction of sp³-hybridized carbons (Fsp3) is 0.310. The molecule has 0 saturated heterocycles. The molecule has 15 heteroatoms. The van der Waals surface area contributed by atoms with Crippen LogP contribution in [0.5, 0.6) is 5.75 Å². The fourth-order valence-corrected chi connectivity index (χ4v) is 5.23. The third-order valence-corrected chi connectivity index (χ3v) is 8.59. The lowest BCUT2D eigenvalue weighted by atomic mass is 10.1. The van der Waals surface area contributed by atoms with Gasteiger partial charge in [-0.25, -0.2) is 14.1 Å². The average molecular weight is 646 g/mol. The highest BCUT2D eigenvalue weighted by molar-refractivity contribution is 8.00. The number of carbonyl (C=O) groups excluding carboxylic acids is 1. The summed E-state index contributed by atoms with van der Waals surface area (Å²) in [6.07, 6.45) is 3.91. The Morgan fingerprint density at radius 2 is 1.89 bits per heavy atom. The minimum absolute atomic E-state index is 0.0168. The van der Waals surface area contributed by atoms with E-state index in [0.29, 0.717) is 23.6 Å². The Balaban J connectivity index is 1.76. The third kappa shape index (κ3) is 8.97. The number of anilines is 3. The number of benzene rings is 2. The number of nitrogens with one attached hydrogen (secondary N) is 2. The first kappa shape index (κ1) is 32.8. The molecule has 2 aromatic carbocycles. The van der Waals surface area contributed by atoms with Crippen molar-refractivity contribution in [2.45, 2.75) is 51.2 Å². The second-order valence-electron chi connectivity index (χ2n) is 11.0. The van der Waals surface area contributed by atoms with Gasteiger partial charge in [-0.15, -0.1) is 0 Å². The topological polar surface area (TPSA) is 129 Å². The molecule has 1 amide bonds. The molecule has 0 saturated carbocycles.